The molecule has 0 radical (unpaired) electrons. The molecule has 1 aliphatic rings. The van der Waals surface area contributed by atoms with E-state index in [9.17, 15) is 18.2 Å². The second kappa shape index (κ2) is 7.35. The van der Waals surface area contributed by atoms with E-state index in [2.05, 4.69) is 14.4 Å². The monoisotopic (exact) mass is 325 g/mol. The zero-order valence-corrected chi connectivity index (χ0v) is 12.1. The Kier molecular flexibility index (Phi) is 6.77. The lowest BCUT2D eigenvalue weighted by molar-refractivity contribution is -0.0335. The first-order chi connectivity index (χ1) is 8.28. The van der Waals surface area contributed by atoms with E-state index < -0.39 is 33.5 Å². The van der Waals surface area contributed by atoms with Crippen LogP contribution in [0.2, 0.25) is 0 Å². The number of rotatable bonds is 6. The van der Waals surface area contributed by atoms with Crippen molar-refractivity contribution in [2.45, 2.75) is 25.3 Å². The normalized spacial score (nSPS) is 27.3. The Morgan fingerprint density at radius 2 is 1.56 bits per heavy atom. The van der Waals surface area contributed by atoms with Crippen LogP contribution in [0.3, 0.4) is 0 Å². The third-order valence-corrected chi connectivity index (χ3v) is 4.98. The zero-order valence-electron chi connectivity index (χ0n) is 9.31. The van der Waals surface area contributed by atoms with Gasteiger partial charge in [-0.25, -0.2) is 0 Å². The first-order valence-electron chi connectivity index (χ1n) is 5.07. The lowest BCUT2D eigenvalue weighted by atomic mass is 10.2. The van der Waals surface area contributed by atoms with E-state index in [1.54, 1.807) is 0 Å². The van der Waals surface area contributed by atoms with E-state index in [0.29, 0.717) is 12.8 Å². The van der Waals surface area contributed by atoms with E-state index in [-0.39, 0.29) is 17.5 Å². The maximum absolute atomic E-state index is 10.5. The van der Waals surface area contributed by atoms with Crippen molar-refractivity contribution in [3.8, 4) is 0 Å². The van der Waals surface area contributed by atoms with Crippen LogP contribution in [0.1, 0.15) is 12.8 Å². The van der Waals surface area contributed by atoms with Gasteiger partial charge in [0.25, 0.3) is 0 Å². The minimum Gasteiger partial charge on any atom is -0.326 e. The largest absolute Gasteiger partial charge is 0.326 e. The average Bonchev–Trinajstić information content (AvgIpc) is 2.19. The molecule has 0 aromatic rings. The lowest BCUT2D eigenvalue weighted by Gasteiger charge is -2.40. The van der Waals surface area contributed by atoms with Crippen molar-refractivity contribution in [2.75, 3.05) is 11.5 Å². The van der Waals surface area contributed by atoms with Crippen molar-refractivity contribution in [3.63, 3.8) is 0 Å². The molecule has 0 aliphatic carbocycles. The van der Waals surface area contributed by atoms with Crippen LogP contribution in [0.5, 0.6) is 0 Å². The Bertz CT molecular complexity index is 303. The van der Waals surface area contributed by atoms with Crippen LogP contribution in [0.4, 0.5) is 0 Å². The molecule has 18 heavy (non-hydrogen) atoms. The highest BCUT2D eigenvalue weighted by Gasteiger charge is 2.27. The minimum absolute atomic E-state index is 0.208. The van der Waals surface area contributed by atoms with Crippen LogP contribution in [-0.2, 0) is 18.2 Å². The first-order valence-corrected chi connectivity index (χ1v) is 9.48. The van der Waals surface area contributed by atoms with Gasteiger partial charge in [-0.1, -0.05) is 0 Å². The molecule has 9 nitrogen and oxygen atoms in total. The van der Waals surface area contributed by atoms with E-state index >= 15 is 0 Å². The van der Waals surface area contributed by atoms with Crippen LogP contribution in [-0.4, -0.2) is 42.9 Å². The summed E-state index contributed by atoms with van der Waals surface area (Å²) < 4.78 is 48.7. The van der Waals surface area contributed by atoms with Gasteiger partial charge in [0.2, 0.25) is 6.41 Å². The highest BCUT2D eigenvalue weighted by Crippen LogP contribution is 2.44. The van der Waals surface area contributed by atoms with Gasteiger partial charge in [-0.2, -0.15) is 10.6 Å². The summed E-state index contributed by atoms with van der Waals surface area (Å²) in [6.45, 7) is 0. The van der Waals surface area contributed by atoms with Crippen LogP contribution in [0.15, 0.2) is 0 Å². The molecule has 0 saturated carbocycles. The molecule has 110 valence electrons. The topological polar surface area (TPSA) is 146 Å². The maximum atomic E-state index is 10.5. The van der Waals surface area contributed by atoms with Gasteiger partial charge >= 0.3 is 16.5 Å². The maximum Gasteiger partial charge on any atom is 0.319 e. The molecule has 2 unspecified atom stereocenters. The smallest absolute Gasteiger partial charge is 0.319 e. The van der Waals surface area contributed by atoms with Gasteiger partial charge < -0.3 is 9.79 Å². The summed E-state index contributed by atoms with van der Waals surface area (Å²) >= 11 is 0. The Balaban J connectivity index is 2.45. The predicted octanol–water partition coefficient (Wildman–Crippen LogP) is 0.570. The van der Waals surface area contributed by atoms with Gasteiger partial charge in [0.15, 0.2) is 0 Å². The second-order valence-corrected chi connectivity index (χ2v) is 7.71. The lowest BCUT2D eigenvalue weighted by Crippen LogP contribution is -2.43. The number of nitrogens with one attached hydrogen (secondary N) is 1. The van der Waals surface area contributed by atoms with E-state index in [0.717, 1.165) is 0 Å². The predicted molar refractivity (Wildman–Crippen MR) is 67.1 cm³/mol. The molecule has 1 aliphatic heterocycles. The molecule has 0 bridgehead atoms. The Hall–Kier alpha value is 0.530. The molecule has 1 fully saturated rings. The van der Waals surface area contributed by atoms with Gasteiger partial charge in [0, 0.05) is 17.5 Å². The standard InChI is InChI=1S/C6H17NO8P2S/c8-16(9)14-6(15-17(10)11)7-5-1-3-18(12,13)4-2-5/h5-7,12-13,16-17H,1-4H2,(H,8,9)(H,10,11). The van der Waals surface area contributed by atoms with Crippen molar-refractivity contribution >= 4 is 27.1 Å². The van der Waals surface area contributed by atoms with Crippen LogP contribution >= 0.6 is 27.1 Å². The molecular weight excluding hydrogens is 308 g/mol. The fourth-order valence-electron chi connectivity index (χ4n) is 1.54. The molecule has 0 amide bonds. The Morgan fingerprint density at radius 1 is 1.11 bits per heavy atom. The van der Waals surface area contributed by atoms with Gasteiger partial charge in [-0.3, -0.25) is 32.6 Å². The molecule has 1 heterocycles. The molecule has 1 rings (SSSR count). The Morgan fingerprint density at radius 3 is 1.94 bits per heavy atom. The number of hydrogen-bond donors (Lipinski definition) is 5. The molecular formula is C6H17NO8P2S. The molecule has 12 heteroatoms. The highest BCUT2D eigenvalue weighted by molar-refractivity contribution is 8.24. The Labute approximate surface area is 107 Å². The van der Waals surface area contributed by atoms with Gasteiger partial charge in [0.05, 0.1) is 0 Å². The summed E-state index contributed by atoms with van der Waals surface area (Å²) in [7, 11) is -9.16. The second-order valence-electron chi connectivity index (χ2n) is 3.75. The van der Waals surface area contributed by atoms with Crippen LogP contribution in [0, 0.1) is 0 Å². The SMILES string of the molecule is O=[PH](O)OC(NC1CCS(O)(O)CC1)O[PH](=O)O. The summed E-state index contributed by atoms with van der Waals surface area (Å²) in [5.74, 6) is 0.417. The molecule has 2 atom stereocenters. The molecule has 0 aromatic carbocycles. The minimum atomic E-state index is -3.32. The van der Waals surface area contributed by atoms with E-state index in [1.165, 1.54) is 0 Å². The first kappa shape index (κ1) is 16.6. The van der Waals surface area contributed by atoms with E-state index in [4.69, 9.17) is 9.79 Å². The van der Waals surface area contributed by atoms with Crippen molar-refractivity contribution in [2.24, 2.45) is 0 Å². The summed E-state index contributed by atoms with van der Waals surface area (Å²) in [5.41, 5.74) is 0. The van der Waals surface area contributed by atoms with Crippen molar-refractivity contribution in [3.05, 3.63) is 0 Å². The fourth-order valence-corrected chi connectivity index (χ4v) is 3.77. The fraction of sp³-hybridized carbons (Fsp3) is 1.00. The third-order valence-electron chi connectivity index (χ3n) is 2.37. The number of hydrogen-bond acceptors (Lipinski definition) is 7. The van der Waals surface area contributed by atoms with Gasteiger partial charge in [0.1, 0.15) is 0 Å². The quantitative estimate of drug-likeness (QED) is 0.349. The van der Waals surface area contributed by atoms with Gasteiger partial charge in [-0.05, 0) is 12.8 Å². The van der Waals surface area contributed by atoms with Crippen LogP contribution < -0.4 is 5.32 Å². The zero-order chi connectivity index (χ0) is 13.8. The van der Waals surface area contributed by atoms with Crippen molar-refractivity contribution in [1.82, 2.24) is 5.32 Å². The summed E-state index contributed by atoms with van der Waals surface area (Å²) in [6.07, 6.45) is -0.642. The third kappa shape index (κ3) is 6.63. The average molecular weight is 325 g/mol. The van der Waals surface area contributed by atoms with Crippen molar-refractivity contribution < 1.29 is 37.1 Å². The summed E-state index contributed by atoms with van der Waals surface area (Å²) in [5, 5.41) is 2.63. The summed E-state index contributed by atoms with van der Waals surface area (Å²) in [4.78, 5) is 17.2. The van der Waals surface area contributed by atoms with Gasteiger partial charge in [-0.15, -0.1) is 0 Å². The molecule has 0 aromatic heterocycles. The highest BCUT2D eigenvalue weighted by atomic mass is 32.3. The molecule has 5 N–H and O–H groups in total. The molecule has 1 saturated heterocycles. The summed E-state index contributed by atoms with van der Waals surface area (Å²) in [6, 6.07) is -0.238. The van der Waals surface area contributed by atoms with E-state index in [1.807, 2.05) is 0 Å². The van der Waals surface area contributed by atoms with Crippen molar-refractivity contribution in [1.29, 1.82) is 0 Å². The molecule has 0 spiro atoms. The van der Waals surface area contributed by atoms with Crippen LogP contribution in [0.25, 0.3) is 0 Å².